The fraction of sp³-hybridized carbons (Fsp3) is 0.923. The van der Waals surface area contributed by atoms with Crippen LogP contribution in [0, 0.1) is 10.8 Å². The number of hydrogen-bond acceptors (Lipinski definition) is 2. The Morgan fingerprint density at radius 2 is 1.69 bits per heavy atom. The van der Waals surface area contributed by atoms with E-state index in [1.165, 1.54) is 0 Å². The van der Waals surface area contributed by atoms with Gasteiger partial charge in [0.05, 0.1) is 6.54 Å². The molecule has 3 nitrogen and oxygen atoms in total. The van der Waals surface area contributed by atoms with Crippen LogP contribution in [0.4, 0.5) is 0 Å². The Morgan fingerprint density at radius 3 is 2.00 bits per heavy atom. The molecule has 1 aliphatic carbocycles. The van der Waals surface area contributed by atoms with Gasteiger partial charge in [-0.25, -0.2) is 0 Å². The van der Waals surface area contributed by atoms with E-state index in [4.69, 9.17) is 0 Å². The van der Waals surface area contributed by atoms with Crippen molar-refractivity contribution in [1.29, 1.82) is 0 Å². The fourth-order valence-electron chi connectivity index (χ4n) is 2.31. The van der Waals surface area contributed by atoms with Crippen LogP contribution in [0.2, 0.25) is 0 Å². The molecule has 1 fully saturated rings. The highest BCUT2D eigenvalue weighted by Gasteiger charge is 2.64. The second kappa shape index (κ2) is 4.02. The first kappa shape index (κ1) is 13.5. The van der Waals surface area contributed by atoms with Gasteiger partial charge in [0, 0.05) is 19.1 Å². The van der Waals surface area contributed by atoms with Gasteiger partial charge in [0.2, 0.25) is 5.91 Å². The normalized spacial score (nSPS) is 22.2. The minimum absolute atomic E-state index is 0.175. The van der Waals surface area contributed by atoms with Gasteiger partial charge in [-0.1, -0.05) is 27.7 Å². The molecule has 0 spiro atoms. The molecule has 1 aliphatic rings. The molecule has 0 aliphatic heterocycles. The van der Waals surface area contributed by atoms with E-state index in [1.807, 2.05) is 20.9 Å². The van der Waals surface area contributed by atoms with Gasteiger partial charge in [-0.05, 0) is 24.7 Å². The highest BCUT2D eigenvalue weighted by molar-refractivity contribution is 5.78. The van der Waals surface area contributed by atoms with Crippen molar-refractivity contribution in [2.24, 2.45) is 10.8 Å². The molecule has 0 atom stereocenters. The number of carbonyl (C=O) groups is 1. The minimum atomic E-state index is 0.175. The molecule has 1 amide bonds. The van der Waals surface area contributed by atoms with Crippen LogP contribution in [-0.4, -0.2) is 36.5 Å². The lowest BCUT2D eigenvalue weighted by molar-refractivity contribution is -0.130. The second-order valence-electron chi connectivity index (χ2n) is 6.36. The van der Waals surface area contributed by atoms with Crippen LogP contribution < -0.4 is 5.32 Å². The average molecular weight is 226 g/mol. The Morgan fingerprint density at radius 1 is 1.25 bits per heavy atom. The highest BCUT2D eigenvalue weighted by Crippen LogP contribution is 2.62. The summed E-state index contributed by atoms with van der Waals surface area (Å²) in [6, 6.07) is 0.721. The minimum Gasteiger partial charge on any atom is -0.342 e. The molecule has 0 saturated heterocycles. The fourth-order valence-corrected chi connectivity index (χ4v) is 2.31. The quantitative estimate of drug-likeness (QED) is 0.794. The molecule has 94 valence electrons. The molecule has 1 rings (SSSR count). The molecule has 0 aromatic heterocycles. The van der Waals surface area contributed by atoms with Crippen molar-refractivity contribution in [3.8, 4) is 0 Å². The third-order valence-electron chi connectivity index (χ3n) is 4.65. The Labute approximate surface area is 99.6 Å². The van der Waals surface area contributed by atoms with Crippen molar-refractivity contribution in [3.05, 3.63) is 0 Å². The maximum Gasteiger partial charge on any atom is 0.236 e. The zero-order valence-electron chi connectivity index (χ0n) is 11.7. The first-order valence-corrected chi connectivity index (χ1v) is 6.11. The van der Waals surface area contributed by atoms with Crippen LogP contribution in [0.5, 0.6) is 0 Å². The first-order valence-electron chi connectivity index (χ1n) is 6.11. The van der Waals surface area contributed by atoms with Gasteiger partial charge in [0.15, 0.2) is 0 Å². The summed E-state index contributed by atoms with van der Waals surface area (Å²) < 4.78 is 0. The molecule has 16 heavy (non-hydrogen) atoms. The number of likely N-dealkylation sites (N-methyl/N-ethyl adjacent to an activating group) is 1. The lowest BCUT2D eigenvalue weighted by Crippen LogP contribution is -2.41. The number of amides is 1. The molecule has 0 bridgehead atoms. The standard InChI is InChI=1S/C13H26N2O/c1-9(2)15(7)10(16)8-14-11-12(3,4)13(11,5)6/h9,11,14H,8H2,1-7H3. The van der Waals surface area contributed by atoms with Crippen molar-refractivity contribution in [2.75, 3.05) is 13.6 Å². The van der Waals surface area contributed by atoms with Crippen LogP contribution in [0.1, 0.15) is 41.5 Å². The van der Waals surface area contributed by atoms with E-state index in [-0.39, 0.29) is 11.9 Å². The monoisotopic (exact) mass is 226 g/mol. The second-order valence-corrected chi connectivity index (χ2v) is 6.36. The summed E-state index contributed by atoms with van der Waals surface area (Å²) in [6.45, 7) is 13.5. The molecule has 1 saturated carbocycles. The van der Waals surface area contributed by atoms with Crippen LogP contribution in [0.15, 0.2) is 0 Å². The molecule has 0 aromatic carbocycles. The molecule has 1 N–H and O–H groups in total. The van der Waals surface area contributed by atoms with E-state index in [0.29, 0.717) is 23.4 Å². The predicted octanol–water partition coefficient (Wildman–Crippen LogP) is 1.88. The SMILES string of the molecule is CC(C)N(C)C(=O)CNC1C(C)(C)C1(C)C. The molecule has 0 radical (unpaired) electrons. The van der Waals surface area contributed by atoms with Gasteiger partial charge < -0.3 is 10.2 Å². The maximum atomic E-state index is 11.8. The van der Waals surface area contributed by atoms with E-state index >= 15 is 0 Å². The van der Waals surface area contributed by atoms with Gasteiger partial charge in [-0.3, -0.25) is 4.79 Å². The molecule has 0 aromatic rings. The zero-order chi connectivity index (χ0) is 12.7. The highest BCUT2D eigenvalue weighted by atomic mass is 16.2. The first-order chi connectivity index (χ1) is 7.12. The van der Waals surface area contributed by atoms with Crippen LogP contribution >= 0.6 is 0 Å². The zero-order valence-corrected chi connectivity index (χ0v) is 11.7. The molecule has 3 heteroatoms. The topological polar surface area (TPSA) is 32.3 Å². The molecular weight excluding hydrogens is 200 g/mol. The third-order valence-corrected chi connectivity index (χ3v) is 4.65. The van der Waals surface area contributed by atoms with Crippen molar-refractivity contribution in [2.45, 2.75) is 53.6 Å². The van der Waals surface area contributed by atoms with Crippen molar-refractivity contribution >= 4 is 5.91 Å². The van der Waals surface area contributed by atoms with Gasteiger partial charge in [-0.2, -0.15) is 0 Å². The van der Waals surface area contributed by atoms with Crippen LogP contribution in [0.3, 0.4) is 0 Å². The van der Waals surface area contributed by atoms with Crippen molar-refractivity contribution in [3.63, 3.8) is 0 Å². The van der Waals surface area contributed by atoms with Gasteiger partial charge in [0.1, 0.15) is 0 Å². The Hall–Kier alpha value is -0.570. The summed E-state index contributed by atoms with van der Waals surface area (Å²) in [6.07, 6.45) is 0. The predicted molar refractivity (Wildman–Crippen MR) is 67.3 cm³/mol. The van der Waals surface area contributed by atoms with E-state index in [1.54, 1.807) is 4.90 Å². The van der Waals surface area contributed by atoms with Gasteiger partial charge in [-0.15, -0.1) is 0 Å². The van der Waals surface area contributed by atoms with Crippen molar-refractivity contribution < 1.29 is 4.79 Å². The smallest absolute Gasteiger partial charge is 0.236 e. The lowest BCUT2D eigenvalue weighted by atomic mass is 10.0. The van der Waals surface area contributed by atoms with E-state index in [9.17, 15) is 4.79 Å². The maximum absolute atomic E-state index is 11.8. The Bertz CT molecular complexity index is 268. The third kappa shape index (κ3) is 2.10. The molecule has 0 heterocycles. The molecule has 0 unspecified atom stereocenters. The number of nitrogens with one attached hydrogen (secondary N) is 1. The Kier molecular flexibility index (Phi) is 3.39. The molecular formula is C13H26N2O. The summed E-state index contributed by atoms with van der Waals surface area (Å²) in [5.41, 5.74) is 0.591. The van der Waals surface area contributed by atoms with Gasteiger partial charge >= 0.3 is 0 Å². The summed E-state index contributed by atoms with van der Waals surface area (Å²) >= 11 is 0. The summed E-state index contributed by atoms with van der Waals surface area (Å²) in [7, 11) is 1.86. The summed E-state index contributed by atoms with van der Waals surface area (Å²) in [5.74, 6) is 0.175. The number of carbonyl (C=O) groups excluding carboxylic acids is 1. The Balaban J connectivity index is 2.41. The van der Waals surface area contributed by atoms with Crippen molar-refractivity contribution in [1.82, 2.24) is 10.2 Å². The average Bonchev–Trinajstić information content (AvgIpc) is 2.53. The number of nitrogens with zero attached hydrogens (tertiary/aromatic N) is 1. The van der Waals surface area contributed by atoms with Gasteiger partial charge in [0.25, 0.3) is 0 Å². The summed E-state index contributed by atoms with van der Waals surface area (Å²) in [4.78, 5) is 13.6. The lowest BCUT2D eigenvalue weighted by Gasteiger charge is -2.21. The van der Waals surface area contributed by atoms with Crippen LogP contribution in [0.25, 0.3) is 0 Å². The van der Waals surface area contributed by atoms with Crippen LogP contribution in [-0.2, 0) is 4.79 Å². The van der Waals surface area contributed by atoms with E-state index in [0.717, 1.165) is 0 Å². The number of hydrogen-bond donors (Lipinski definition) is 1. The largest absolute Gasteiger partial charge is 0.342 e. The number of rotatable bonds is 4. The van der Waals surface area contributed by atoms with E-state index in [2.05, 4.69) is 33.0 Å². The summed E-state index contributed by atoms with van der Waals surface area (Å²) in [5, 5.41) is 3.38. The van der Waals surface area contributed by atoms with E-state index < -0.39 is 0 Å².